The largest absolute Gasteiger partial charge is 0.466 e. The molecule has 0 fully saturated rings. The maximum absolute atomic E-state index is 11.3. The van der Waals surface area contributed by atoms with Gasteiger partial charge in [-0.1, -0.05) is 6.92 Å². The van der Waals surface area contributed by atoms with Crippen LogP contribution in [0.5, 0.6) is 0 Å². The predicted molar refractivity (Wildman–Crippen MR) is 52.7 cm³/mol. The maximum Gasteiger partial charge on any atom is 0.309 e. The lowest BCUT2D eigenvalue weighted by Crippen LogP contribution is -2.18. The van der Waals surface area contributed by atoms with Gasteiger partial charge in [-0.25, -0.2) is 0 Å². The SMILES string of the molecule is CCOC(=O)C(C)Cc1ccnn1C. The number of carbonyl (C=O) groups excluding carboxylic acids is 1. The Morgan fingerprint density at radius 3 is 2.93 bits per heavy atom. The Hall–Kier alpha value is -1.32. The minimum Gasteiger partial charge on any atom is -0.466 e. The second-order valence-corrected chi connectivity index (χ2v) is 3.30. The van der Waals surface area contributed by atoms with Crippen LogP contribution in [0.15, 0.2) is 12.3 Å². The fraction of sp³-hybridized carbons (Fsp3) is 0.600. The number of hydrogen-bond donors (Lipinski definition) is 0. The Kier molecular flexibility index (Phi) is 3.68. The molecule has 1 aromatic heterocycles. The number of aryl methyl sites for hydroxylation is 1. The van der Waals surface area contributed by atoms with Crippen LogP contribution in [0.2, 0.25) is 0 Å². The van der Waals surface area contributed by atoms with Gasteiger partial charge in [-0.2, -0.15) is 5.10 Å². The average molecular weight is 196 g/mol. The molecule has 0 radical (unpaired) electrons. The van der Waals surface area contributed by atoms with E-state index in [0.717, 1.165) is 5.69 Å². The van der Waals surface area contributed by atoms with Gasteiger partial charge in [0.2, 0.25) is 0 Å². The van der Waals surface area contributed by atoms with Crippen LogP contribution in [-0.4, -0.2) is 22.4 Å². The van der Waals surface area contributed by atoms with Crippen molar-refractivity contribution >= 4 is 5.97 Å². The molecule has 1 unspecified atom stereocenters. The monoisotopic (exact) mass is 196 g/mol. The van der Waals surface area contributed by atoms with E-state index in [1.54, 1.807) is 10.9 Å². The minimum atomic E-state index is -0.145. The summed E-state index contributed by atoms with van der Waals surface area (Å²) >= 11 is 0. The van der Waals surface area contributed by atoms with Crippen LogP contribution in [-0.2, 0) is 23.0 Å². The van der Waals surface area contributed by atoms with Crippen molar-refractivity contribution < 1.29 is 9.53 Å². The highest BCUT2D eigenvalue weighted by atomic mass is 16.5. The number of carbonyl (C=O) groups is 1. The summed E-state index contributed by atoms with van der Waals surface area (Å²) in [7, 11) is 1.87. The molecule has 0 amide bonds. The number of esters is 1. The highest BCUT2D eigenvalue weighted by Gasteiger charge is 2.15. The van der Waals surface area contributed by atoms with E-state index in [9.17, 15) is 4.79 Å². The molecule has 78 valence electrons. The molecule has 0 aliphatic heterocycles. The molecule has 1 atom stereocenters. The highest BCUT2D eigenvalue weighted by Crippen LogP contribution is 2.08. The van der Waals surface area contributed by atoms with E-state index in [1.807, 2.05) is 27.0 Å². The smallest absolute Gasteiger partial charge is 0.309 e. The van der Waals surface area contributed by atoms with Crippen molar-refractivity contribution in [2.75, 3.05) is 6.61 Å². The summed E-state index contributed by atoms with van der Waals surface area (Å²) in [6, 6.07) is 1.91. The van der Waals surface area contributed by atoms with Crippen LogP contribution < -0.4 is 0 Å². The van der Waals surface area contributed by atoms with Crippen molar-refractivity contribution in [3.63, 3.8) is 0 Å². The summed E-state index contributed by atoms with van der Waals surface area (Å²) in [6.07, 6.45) is 2.41. The van der Waals surface area contributed by atoms with Crippen molar-refractivity contribution in [2.24, 2.45) is 13.0 Å². The molecule has 1 aromatic rings. The van der Waals surface area contributed by atoms with Crippen LogP contribution in [0.4, 0.5) is 0 Å². The number of nitrogens with zero attached hydrogens (tertiary/aromatic N) is 2. The minimum absolute atomic E-state index is 0.106. The Labute approximate surface area is 83.9 Å². The van der Waals surface area contributed by atoms with Crippen LogP contribution in [0.25, 0.3) is 0 Å². The third-order valence-electron chi connectivity index (χ3n) is 2.13. The number of aromatic nitrogens is 2. The zero-order chi connectivity index (χ0) is 10.6. The summed E-state index contributed by atoms with van der Waals surface area (Å²) in [6.45, 7) is 4.12. The van der Waals surface area contributed by atoms with Crippen molar-refractivity contribution in [3.8, 4) is 0 Å². The van der Waals surface area contributed by atoms with E-state index >= 15 is 0 Å². The van der Waals surface area contributed by atoms with Gasteiger partial charge in [0.1, 0.15) is 0 Å². The van der Waals surface area contributed by atoms with Gasteiger partial charge in [0.25, 0.3) is 0 Å². The molecule has 1 rings (SSSR count). The molecule has 0 N–H and O–H groups in total. The van der Waals surface area contributed by atoms with Crippen molar-refractivity contribution in [1.29, 1.82) is 0 Å². The fourth-order valence-electron chi connectivity index (χ4n) is 1.28. The van der Waals surface area contributed by atoms with Crippen molar-refractivity contribution in [3.05, 3.63) is 18.0 Å². The summed E-state index contributed by atoms with van der Waals surface area (Å²) in [4.78, 5) is 11.3. The molecule has 4 heteroatoms. The Morgan fingerprint density at radius 2 is 2.43 bits per heavy atom. The van der Waals surface area contributed by atoms with Crippen molar-refractivity contribution in [2.45, 2.75) is 20.3 Å². The zero-order valence-electron chi connectivity index (χ0n) is 8.86. The van der Waals surface area contributed by atoms with Crippen LogP contribution in [0.3, 0.4) is 0 Å². The standard InChI is InChI=1S/C10H16N2O2/c1-4-14-10(13)8(2)7-9-5-6-11-12(9)3/h5-6,8H,4,7H2,1-3H3. The van der Waals surface area contributed by atoms with Crippen LogP contribution in [0.1, 0.15) is 19.5 Å². The molecule has 4 nitrogen and oxygen atoms in total. The predicted octanol–water partition coefficient (Wildman–Crippen LogP) is 1.16. The molecule has 0 bridgehead atoms. The Morgan fingerprint density at radius 1 is 1.71 bits per heavy atom. The van der Waals surface area contributed by atoms with Gasteiger partial charge in [-0.05, 0) is 13.0 Å². The normalized spacial score (nSPS) is 12.5. The lowest BCUT2D eigenvalue weighted by molar-refractivity contribution is -0.147. The topological polar surface area (TPSA) is 44.1 Å². The molecule has 0 aromatic carbocycles. The number of rotatable bonds is 4. The van der Waals surface area contributed by atoms with Gasteiger partial charge in [0, 0.05) is 25.4 Å². The quantitative estimate of drug-likeness (QED) is 0.679. The fourth-order valence-corrected chi connectivity index (χ4v) is 1.28. The third kappa shape index (κ3) is 2.58. The van der Waals surface area contributed by atoms with E-state index in [4.69, 9.17) is 4.74 Å². The highest BCUT2D eigenvalue weighted by molar-refractivity contribution is 5.72. The zero-order valence-corrected chi connectivity index (χ0v) is 8.86. The first kappa shape index (κ1) is 10.8. The van der Waals surface area contributed by atoms with E-state index in [-0.39, 0.29) is 11.9 Å². The number of ether oxygens (including phenoxy) is 1. The second-order valence-electron chi connectivity index (χ2n) is 3.30. The van der Waals surface area contributed by atoms with Gasteiger partial charge in [-0.15, -0.1) is 0 Å². The molecule has 0 saturated carbocycles. The first-order valence-electron chi connectivity index (χ1n) is 4.78. The molecule has 0 spiro atoms. The first-order chi connectivity index (χ1) is 6.65. The van der Waals surface area contributed by atoms with E-state index in [0.29, 0.717) is 13.0 Å². The average Bonchev–Trinajstić information content (AvgIpc) is 2.52. The molecule has 14 heavy (non-hydrogen) atoms. The summed E-state index contributed by atoms with van der Waals surface area (Å²) < 4.78 is 6.70. The van der Waals surface area contributed by atoms with E-state index in [2.05, 4.69) is 5.10 Å². The molecular weight excluding hydrogens is 180 g/mol. The molecule has 0 saturated heterocycles. The third-order valence-corrected chi connectivity index (χ3v) is 2.13. The summed E-state index contributed by atoms with van der Waals surface area (Å²) in [5.41, 5.74) is 1.05. The van der Waals surface area contributed by atoms with Gasteiger partial charge in [-0.3, -0.25) is 9.48 Å². The van der Waals surface area contributed by atoms with E-state index in [1.165, 1.54) is 0 Å². The lowest BCUT2D eigenvalue weighted by atomic mass is 10.1. The van der Waals surface area contributed by atoms with Crippen LogP contribution in [0, 0.1) is 5.92 Å². The molecule has 1 heterocycles. The van der Waals surface area contributed by atoms with Gasteiger partial charge in [0.15, 0.2) is 0 Å². The molecule has 0 aliphatic carbocycles. The maximum atomic E-state index is 11.3. The molecule has 0 aliphatic rings. The summed E-state index contributed by atoms with van der Waals surface area (Å²) in [5.74, 6) is -0.251. The van der Waals surface area contributed by atoms with Gasteiger partial charge in [0.05, 0.1) is 12.5 Å². The van der Waals surface area contributed by atoms with Crippen molar-refractivity contribution in [1.82, 2.24) is 9.78 Å². The van der Waals surface area contributed by atoms with Crippen LogP contribution >= 0.6 is 0 Å². The molecular formula is C10H16N2O2. The first-order valence-corrected chi connectivity index (χ1v) is 4.78. The lowest BCUT2D eigenvalue weighted by Gasteiger charge is -2.09. The Balaban J connectivity index is 2.52. The van der Waals surface area contributed by atoms with Gasteiger partial charge >= 0.3 is 5.97 Å². The second kappa shape index (κ2) is 4.79. The Bertz CT molecular complexity index is 307. The van der Waals surface area contributed by atoms with Gasteiger partial charge < -0.3 is 4.74 Å². The number of hydrogen-bond acceptors (Lipinski definition) is 3. The summed E-state index contributed by atoms with van der Waals surface area (Å²) in [5, 5.41) is 4.04. The van der Waals surface area contributed by atoms with E-state index < -0.39 is 0 Å².